The van der Waals surface area contributed by atoms with Crippen molar-refractivity contribution in [2.75, 3.05) is 16.9 Å². The summed E-state index contributed by atoms with van der Waals surface area (Å²) in [6, 6.07) is 11.5. The lowest BCUT2D eigenvalue weighted by Crippen LogP contribution is -2.17. The number of carbonyl (C=O) groups is 1. The third-order valence-electron chi connectivity index (χ3n) is 3.32. The summed E-state index contributed by atoms with van der Waals surface area (Å²) >= 11 is 10.4. The van der Waals surface area contributed by atoms with Crippen LogP contribution in [-0.4, -0.2) is 26.5 Å². The maximum absolute atomic E-state index is 13.8. The monoisotopic (exact) mass is 455 g/mol. The Morgan fingerprint density at radius 3 is 2.81 bits per heavy atom. The molecule has 0 saturated heterocycles. The summed E-state index contributed by atoms with van der Waals surface area (Å²) in [6.45, 7) is 0. The second-order valence-electron chi connectivity index (χ2n) is 5.12. The lowest BCUT2D eigenvalue weighted by molar-refractivity contribution is -0.113. The molecule has 1 amide bonds. The van der Waals surface area contributed by atoms with Crippen LogP contribution >= 0.6 is 39.3 Å². The van der Waals surface area contributed by atoms with E-state index in [1.165, 1.54) is 16.8 Å². The van der Waals surface area contributed by atoms with Crippen LogP contribution in [0.5, 0.6) is 0 Å². The average Bonchev–Trinajstić information content (AvgIpc) is 2.97. The fourth-order valence-corrected chi connectivity index (χ4v) is 3.32. The molecule has 0 aliphatic rings. The number of anilines is 1. The van der Waals surface area contributed by atoms with Crippen LogP contribution in [0.2, 0.25) is 5.02 Å². The third-order valence-corrected chi connectivity index (χ3v) is 5.08. The van der Waals surface area contributed by atoms with Crippen molar-refractivity contribution < 1.29 is 9.18 Å². The first-order chi connectivity index (χ1) is 12.5. The van der Waals surface area contributed by atoms with Crippen molar-refractivity contribution in [3.8, 4) is 11.4 Å². The molecule has 0 spiro atoms. The molecule has 0 aliphatic carbocycles. The first-order valence-electron chi connectivity index (χ1n) is 7.29. The third kappa shape index (κ3) is 4.17. The van der Waals surface area contributed by atoms with E-state index in [-0.39, 0.29) is 11.4 Å². The summed E-state index contributed by atoms with van der Waals surface area (Å²) in [5, 5.41) is 11.3. The molecule has 1 heterocycles. The molecule has 3 rings (SSSR count). The Bertz CT molecular complexity index is 968. The van der Waals surface area contributed by atoms with Crippen molar-refractivity contribution in [2.24, 2.45) is 0 Å². The van der Waals surface area contributed by atoms with Crippen molar-refractivity contribution in [3.63, 3.8) is 0 Å². The van der Waals surface area contributed by atoms with Crippen LogP contribution < -0.4 is 11.2 Å². The van der Waals surface area contributed by atoms with E-state index in [4.69, 9.17) is 17.4 Å². The van der Waals surface area contributed by atoms with Crippen molar-refractivity contribution in [3.05, 3.63) is 57.8 Å². The van der Waals surface area contributed by atoms with Gasteiger partial charge in [0.1, 0.15) is 5.82 Å². The average molecular weight is 457 g/mol. The van der Waals surface area contributed by atoms with Gasteiger partial charge in [0.25, 0.3) is 0 Å². The summed E-state index contributed by atoms with van der Waals surface area (Å²) < 4.78 is 15.6. The molecule has 0 fully saturated rings. The van der Waals surface area contributed by atoms with Gasteiger partial charge in [0.2, 0.25) is 11.1 Å². The van der Waals surface area contributed by atoms with Crippen molar-refractivity contribution in [2.45, 2.75) is 5.16 Å². The number of amides is 1. The zero-order valence-corrected chi connectivity index (χ0v) is 16.3. The molecule has 3 N–H and O–H groups in total. The Hall–Kier alpha value is -2.10. The Morgan fingerprint density at radius 2 is 2.08 bits per heavy atom. The molecule has 0 atom stereocenters. The van der Waals surface area contributed by atoms with Crippen LogP contribution in [0, 0.1) is 5.82 Å². The lowest BCUT2D eigenvalue weighted by atomic mass is 10.2. The number of aromatic nitrogens is 3. The van der Waals surface area contributed by atoms with Crippen LogP contribution in [-0.2, 0) is 4.79 Å². The Balaban J connectivity index is 1.67. The number of rotatable bonds is 5. The van der Waals surface area contributed by atoms with Gasteiger partial charge in [0.05, 0.1) is 16.5 Å². The molecular formula is C16H12BrClFN5OS. The van der Waals surface area contributed by atoms with Gasteiger partial charge in [-0.3, -0.25) is 4.79 Å². The summed E-state index contributed by atoms with van der Waals surface area (Å²) in [7, 11) is 0. The minimum Gasteiger partial charge on any atom is -0.335 e. The Labute approximate surface area is 166 Å². The number of nitrogen functional groups attached to an aromatic ring is 1. The molecule has 0 bridgehead atoms. The molecule has 6 nitrogen and oxygen atoms in total. The van der Waals surface area contributed by atoms with Crippen LogP contribution in [0.15, 0.2) is 52.1 Å². The molecule has 2 aromatic carbocycles. The molecular weight excluding hydrogens is 445 g/mol. The smallest absolute Gasteiger partial charge is 0.234 e. The molecule has 0 radical (unpaired) electrons. The maximum Gasteiger partial charge on any atom is 0.234 e. The summed E-state index contributed by atoms with van der Waals surface area (Å²) in [5.74, 6) is 5.46. The number of thioether (sulfide) groups is 1. The highest BCUT2D eigenvalue weighted by Crippen LogP contribution is 2.27. The quantitative estimate of drug-likeness (QED) is 0.448. The van der Waals surface area contributed by atoms with Gasteiger partial charge in [-0.25, -0.2) is 9.07 Å². The number of benzene rings is 2. The number of hydrogen-bond acceptors (Lipinski definition) is 5. The summed E-state index contributed by atoms with van der Waals surface area (Å²) in [4.78, 5) is 12.0. The predicted octanol–water partition coefficient (Wildman–Crippen LogP) is 3.94. The topological polar surface area (TPSA) is 85.8 Å². The van der Waals surface area contributed by atoms with Crippen LogP contribution in [0.3, 0.4) is 0 Å². The highest BCUT2D eigenvalue weighted by Gasteiger charge is 2.16. The number of nitrogens with one attached hydrogen (secondary N) is 1. The zero-order chi connectivity index (χ0) is 18.7. The standard InChI is InChI=1S/C16H12BrClFN5OS/c17-9-5-6-13(12(19)7-9)21-14(25)8-26-16-23-22-15(24(16)20)10-3-1-2-4-11(10)18/h1-7H,8,20H2,(H,21,25). The molecule has 26 heavy (non-hydrogen) atoms. The van der Waals surface area contributed by atoms with Gasteiger partial charge < -0.3 is 11.2 Å². The first-order valence-corrected chi connectivity index (χ1v) is 9.44. The second kappa shape index (κ2) is 8.07. The number of hydrogen-bond donors (Lipinski definition) is 2. The first kappa shape index (κ1) is 18.7. The predicted molar refractivity (Wildman–Crippen MR) is 104 cm³/mol. The Morgan fingerprint density at radius 1 is 1.31 bits per heavy atom. The summed E-state index contributed by atoms with van der Waals surface area (Å²) in [6.07, 6.45) is 0. The fourth-order valence-electron chi connectivity index (χ4n) is 2.11. The van der Waals surface area contributed by atoms with Crippen LogP contribution in [0.4, 0.5) is 10.1 Å². The molecule has 0 saturated carbocycles. The van der Waals surface area contributed by atoms with Gasteiger partial charge in [0, 0.05) is 10.0 Å². The van der Waals surface area contributed by atoms with Crippen molar-refractivity contribution in [1.29, 1.82) is 0 Å². The van der Waals surface area contributed by atoms with Gasteiger partial charge in [-0.05, 0) is 30.3 Å². The fraction of sp³-hybridized carbons (Fsp3) is 0.0625. The van der Waals surface area contributed by atoms with E-state index in [2.05, 4.69) is 31.4 Å². The van der Waals surface area contributed by atoms with Crippen LogP contribution in [0.1, 0.15) is 0 Å². The van der Waals surface area contributed by atoms with Gasteiger partial charge in [-0.2, -0.15) is 0 Å². The minimum atomic E-state index is -0.527. The van der Waals surface area contributed by atoms with Gasteiger partial charge >= 0.3 is 0 Å². The van der Waals surface area contributed by atoms with Crippen LogP contribution in [0.25, 0.3) is 11.4 Å². The van der Waals surface area contributed by atoms with E-state index in [0.717, 1.165) is 11.8 Å². The molecule has 10 heteroatoms. The second-order valence-corrected chi connectivity index (χ2v) is 7.38. The van der Waals surface area contributed by atoms with Crippen molar-refractivity contribution >= 4 is 50.9 Å². The van der Waals surface area contributed by atoms with E-state index < -0.39 is 11.7 Å². The normalized spacial score (nSPS) is 10.7. The van der Waals surface area contributed by atoms with Crippen molar-refractivity contribution in [1.82, 2.24) is 14.9 Å². The zero-order valence-electron chi connectivity index (χ0n) is 13.1. The summed E-state index contributed by atoms with van der Waals surface area (Å²) in [5.41, 5.74) is 0.738. The highest BCUT2D eigenvalue weighted by molar-refractivity contribution is 9.10. The molecule has 0 unspecified atom stereocenters. The van der Waals surface area contributed by atoms with E-state index in [1.807, 2.05) is 6.07 Å². The highest BCUT2D eigenvalue weighted by atomic mass is 79.9. The van der Waals surface area contributed by atoms with E-state index in [1.54, 1.807) is 24.3 Å². The SMILES string of the molecule is Nn1c(SCC(=O)Nc2ccc(Br)cc2F)nnc1-c1ccccc1Cl. The van der Waals surface area contributed by atoms with E-state index in [0.29, 0.717) is 26.0 Å². The Kier molecular flexibility index (Phi) is 5.80. The number of halogens is 3. The molecule has 134 valence electrons. The number of nitrogens with zero attached hydrogens (tertiary/aromatic N) is 3. The van der Waals surface area contributed by atoms with E-state index >= 15 is 0 Å². The van der Waals surface area contributed by atoms with Gasteiger partial charge in [0.15, 0.2) is 5.82 Å². The lowest BCUT2D eigenvalue weighted by Gasteiger charge is -2.07. The maximum atomic E-state index is 13.8. The molecule has 3 aromatic rings. The van der Waals surface area contributed by atoms with E-state index in [9.17, 15) is 9.18 Å². The molecule has 0 aliphatic heterocycles. The molecule has 1 aromatic heterocycles. The minimum absolute atomic E-state index is 0.00659. The number of carbonyl (C=O) groups excluding carboxylic acids is 1. The largest absolute Gasteiger partial charge is 0.335 e. The van der Waals surface area contributed by atoms with Gasteiger partial charge in [-0.1, -0.05) is 51.4 Å². The van der Waals surface area contributed by atoms with Gasteiger partial charge in [-0.15, -0.1) is 10.2 Å². The number of nitrogens with two attached hydrogens (primary N) is 1.